The lowest BCUT2D eigenvalue weighted by Gasteiger charge is -2.20. The third-order valence-corrected chi connectivity index (χ3v) is 3.45. The quantitative estimate of drug-likeness (QED) is 0.613. The van der Waals surface area contributed by atoms with Gasteiger partial charge in [-0.2, -0.15) is 5.48 Å². The maximum absolute atomic E-state index is 9.28. The molecule has 92 valence electrons. The molecule has 2 atom stereocenters. The molecular formula is C14H18ClNO. The number of nitrogens with one attached hydrogen (secondary N) is 1. The predicted octanol–water partition coefficient (Wildman–Crippen LogP) is 3.96. The van der Waals surface area contributed by atoms with E-state index in [0.29, 0.717) is 5.02 Å². The highest BCUT2D eigenvalue weighted by Crippen LogP contribution is 2.32. The van der Waals surface area contributed by atoms with Crippen molar-refractivity contribution in [2.45, 2.75) is 25.8 Å². The Morgan fingerprint density at radius 3 is 2.53 bits per heavy atom. The number of allylic oxidation sites excluding steroid dienone is 1. The maximum atomic E-state index is 9.28. The summed E-state index contributed by atoms with van der Waals surface area (Å²) in [5.41, 5.74) is 3.43. The van der Waals surface area contributed by atoms with Crippen LogP contribution in [0, 0.1) is 11.8 Å². The van der Waals surface area contributed by atoms with E-state index in [9.17, 15) is 5.21 Å². The smallest absolute Gasteiger partial charge is 0.0628 e. The SMILES string of the molecule is C[C@@H](/C=C/C1CC1)[C@H](NO)c1ccc(Cl)cc1. The minimum absolute atomic E-state index is 0.0812. The van der Waals surface area contributed by atoms with E-state index in [2.05, 4.69) is 24.6 Å². The van der Waals surface area contributed by atoms with E-state index in [1.807, 2.05) is 24.3 Å². The van der Waals surface area contributed by atoms with Crippen molar-refractivity contribution in [2.24, 2.45) is 11.8 Å². The summed E-state index contributed by atoms with van der Waals surface area (Å²) in [6, 6.07) is 7.49. The van der Waals surface area contributed by atoms with Crippen molar-refractivity contribution in [3.63, 3.8) is 0 Å². The first-order chi connectivity index (χ1) is 8.20. The van der Waals surface area contributed by atoms with Gasteiger partial charge in [-0.05, 0) is 42.4 Å². The van der Waals surface area contributed by atoms with E-state index in [1.165, 1.54) is 12.8 Å². The number of hydroxylamine groups is 1. The summed E-state index contributed by atoms with van der Waals surface area (Å²) in [6.45, 7) is 2.10. The fourth-order valence-electron chi connectivity index (χ4n) is 1.90. The molecule has 0 radical (unpaired) electrons. The lowest BCUT2D eigenvalue weighted by atomic mass is 9.94. The molecule has 1 aliphatic rings. The molecule has 17 heavy (non-hydrogen) atoms. The molecule has 0 aromatic heterocycles. The Hall–Kier alpha value is -0.830. The zero-order valence-corrected chi connectivity index (χ0v) is 10.7. The molecule has 0 aliphatic heterocycles. The second-order valence-corrected chi connectivity index (χ2v) is 5.18. The largest absolute Gasteiger partial charge is 0.316 e. The summed E-state index contributed by atoms with van der Waals surface area (Å²) < 4.78 is 0. The van der Waals surface area contributed by atoms with Gasteiger partial charge in [-0.1, -0.05) is 42.8 Å². The van der Waals surface area contributed by atoms with Gasteiger partial charge in [0.05, 0.1) is 6.04 Å². The lowest BCUT2D eigenvalue weighted by molar-refractivity contribution is 0.110. The molecule has 2 N–H and O–H groups in total. The van der Waals surface area contributed by atoms with Crippen LogP contribution in [-0.4, -0.2) is 5.21 Å². The van der Waals surface area contributed by atoms with E-state index >= 15 is 0 Å². The van der Waals surface area contributed by atoms with Gasteiger partial charge in [0.1, 0.15) is 0 Å². The highest BCUT2D eigenvalue weighted by molar-refractivity contribution is 6.30. The normalized spacial score (nSPS) is 19.5. The van der Waals surface area contributed by atoms with Gasteiger partial charge >= 0.3 is 0 Å². The number of benzene rings is 1. The standard InChI is InChI=1S/C14H18ClNO/c1-10(2-3-11-4-5-11)14(16-17)12-6-8-13(15)9-7-12/h2-3,6-11,14,16-17H,4-5H2,1H3/b3-2+/t10-,14-/m0/s1. The molecule has 0 bridgehead atoms. The van der Waals surface area contributed by atoms with Gasteiger partial charge in [0, 0.05) is 5.02 Å². The van der Waals surface area contributed by atoms with Crippen LogP contribution < -0.4 is 5.48 Å². The highest BCUT2D eigenvalue weighted by atomic mass is 35.5. The van der Waals surface area contributed by atoms with Gasteiger partial charge < -0.3 is 5.21 Å². The minimum Gasteiger partial charge on any atom is -0.316 e. The van der Waals surface area contributed by atoms with E-state index < -0.39 is 0 Å². The van der Waals surface area contributed by atoms with Crippen LogP contribution in [-0.2, 0) is 0 Å². The summed E-state index contributed by atoms with van der Waals surface area (Å²) >= 11 is 5.85. The molecule has 1 aliphatic carbocycles. The van der Waals surface area contributed by atoms with Crippen molar-refractivity contribution < 1.29 is 5.21 Å². The number of halogens is 1. The zero-order chi connectivity index (χ0) is 12.3. The lowest BCUT2D eigenvalue weighted by Crippen LogP contribution is -2.22. The molecule has 2 nitrogen and oxygen atoms in total. The molecule has 0 spiro atoms. The van der Waals surface area contributed by atoms with E-state index in [0.717, 1.165) is 11.5 Å². The minimum atomic E-state index is -0.0812. The van der Waals surface area contributed by atoms with Crippen LogP contribution in [0.4, 0.5) is 0 Å². The predicted molar refractivity (Wildman–Crippen MR) is 70.1 cm³/mol. The van der Waals surface area contributed by atoms with Gasteiger partial charge in [-0.3, -0.25) is 0 Å². The second kappa shape index (κ2) is 5.67. The Morgan fingerprint density at radius 1 is 1.35 bits per heavy atom. The first kappa shape index (κ1) is 12.6. The first-order valence-corrected chi connectivity index (χ1v) is 6.42. The van der Waals surface area contributed by atoms with E-state index in [4.69, 9.17) is 11.6 Å². The summed E-state index contributed by atoms with van der Waals surface area (Å²) in [5, 5.41) is 10.00. The zero-order valence-electron chi connectivity index (χ0n) is 9.94. The topological polar surface area (TPSA) is 32.3 Å². The molecule has 0 saturated heterocycles. The Morgan fingerprint density at radius 2 is 2.00 bits per heavy atom. The van der Waals surface area contributed by atoms with Gasteiger partial charge in [-0.15, -0.1) is 0 Å². The average Bonchev–Trinajstić information content (AvgIpc) is 3.14. The summed E-state index contributed by atoms with van der Waals surface area (Å²) in [4.78, 5) is 0. The summed E-state index contributed by atoms with van der Waals surface area (Å²) in [6.07, 6.45) is 7.05. The maximum Gasteiger partial charge on any atom is 0.0628 e. The summed E-state index contributed by atoms with van der Waals surface area (Å²) in [7, 11) is 0. The Balaban J connectivity index is 2.05. The molecule has 1 aromatic carbocycles. The Labute approximate surface area is 107 Å². The number of hydrogen-bond donors (Lipinski definition) is 2. The van der Waals surface area contributed by atoms with Crippen molar-refractivity contribution in [2.75, 3.05) is 0 Å². The Bertz CT molecular complexity index is 384. The van der Waals surface area contributed by atoms with Crippen LogP contribution in [0.2, 0.25) is 5.02 Å². The number of hydrogen-bond acceptors (Lipinski definition) is 2. The molecule has 3 heteroatoms. The van der Waals surface area contributed by atoms with Crippen molar-refractivity contribution in [1.82, 2.24) is 5.48 Å². The van der Waals surface area contributed by atoms with Crippen LogP contribution in [0.3, 0.4) is 0 Å². The molecule has 0 amide bonds. The van der Waals surface area contributed by atoms with Crippen molar-refractivity contribution >= 4 is 11.6 Å². The van der Waals surface area contributed by atoms with Crippen LogP contribution in [0.1, 0.15) is 31.4 Å². The van der Waals surface area contributed by atoms with Crippen LogP contribution in [0.15, 0.2) is 36.4 Å². The molecule has 0 unspecified atom stereocenters. The third-order valence-electron chi connectivity index (χ3n) is 3.20. The fraction of sp³-hybridized carbons (Fsp3) is 0.429. The van der Waals surface area contributed by atoms with Gasteiger partial charge in [-0.25, -0.2) is 0 Å². The molecule has 0 heterocycles. The van der Waals surface area contributed by atoms with Crippen LogP contribution in [0.25, 0.3) is 0 Å². The first-order valence-electron chi connectivity index (χ1n) is 6.04. The molecule has 1 aromatic rings. The van der Waals surface area contributed by atoms with Gasteiger partial charge in [0.25, 0.3) is 0 Å². The average molecular weight is 252 g/mol. The highest BCUT2D eigenvalue weighted by Gasteiger charge is 2.20. The van der Waals surface area contributed by atoms with Gasteiger partial charge in [0.15, 0.2) is 0 Å². The molecule has 1 fully saturated rings. The van der Waals surface area contributed by atoms with Gasteiger partial charge in [0.2, 0.25) is 0 Å². The van der Waals surface area contributed by atoms with E-state index in [-0.39, 0.29) is 12.0 Å². The van der Waals surface area contributed by atoms with Crippen LogP contribution >= 0.6 is 11.6 Å². The molecule has 1 saturated carbocycles. The monoisotopic (exact) mass is 251 g/mol. The third kappa shape index (κ3) is 3.56. The van der Waals surface area contributed by atoms with Crippen molar-refractivity contribution in [3.05, 3.63) is 47.0 Å². The molecule has 2 rings (SSSR count). The Kier molecular flexibility index (Phi) is 4.21. The number of rotatable bonds is 5. The molecular weight excluding hydrogens is 234 g/mol. The van der Waals surface area contributed by atoms with Crippen molar-refractivity contribution in [3.8, 4) is 0 Å². The summed E-state index contributed by atoms with van der Waals surface area (Å²) in [5.74, 6) is 1.02. The second-order valence-electron chi connectivity index (χ2n) is 4.74. The fourth-order valence-corrected chi connectivity index (χ4v) is 2.02. The van der Waals surface area contributed by atoms with Crippen LogP contribution in [0.5, 0.6) is 0 Å². The van der Waals surface area contributed by atoms with Crippen molar-refractivity contribution in [1.29, 1.82) is 0 Å². The van der Waals surface area contributed by atoms with E-state index in [1.54, 1.807) is 0 Å².